The number of nitrogens with one attached hydrogen (secondary N) is 1. The molecule has 1 saturated heterocycles. The molecule has 3 rings (SSSR count). The molecule has 186 valence electrons. The third kappa shape index (κ3) is 5.82. The molecule has 0 saturated carbocycles. The van der Waals surface area contributed by atoms with Crippen LogP contribution in [0.4, 0.5) is 36.8 Å². The van der Waals surface area contributed by atoms with Crippen molar-refractivity contribution in [2.24, 2.45) is 5.92 Å². The summed E-state index contributed by atoms with van der Waals surface area (Å²) in [6.07, 6.45) is -9.89. The Morgan fingerprint density at radius 1 is 1.06 bits per heavy atom. The van der Waals surface area contributed by atoms with E-state index in [1.807, 2.05) is 4.90 Å². The molecule has 5 nitrogen and oxygen atoms in total. The number of hydrogen-bond donors (Lipinski definition) is 2. The molecular weight excluding hydrogens is 464 g/mol. The molecule has 1 aliphatic heterocycles. The Bertz CT molecular complexity index is 978. The van der Waals surface area contributed by atoms with Crippen molar-refractivity contribution in [1.29, 1.82) is 0 Å². The van der Waals surface area contributed by atoms with Crippen LogP contribution in [0, 0.1) is 5.92 Å². The topological polar surface area (TPSA) is 55.8 Å². The molecule has 2 N–H and O–H groups in total. The van der Waals surface area contributed by atoms with Gasteiger partial charge in [0, 0.05) is 31.2 Å². The summed E-state index contributed by atoms with van der Waals surface area (Å²) in [4.78, 5) is 16.0. The Morgan fingerprint density at radius 3 is 2.12 bits per heavy atom. The number of aliphatic hydroxyl groups is 1. The molecule has 2 aromatic rings. The monoisotopic (exact) mass is 489 g/mol. The molecular formula is C23H25F6N3O2. The second-order valence-corrected chi connectivity index (χ2v) is 8.67. The van der Waals surface area contributed by atoms with Crippen LogP contribution in [0.1, 0.15) is 23.1 Å². The summed E-state index contributed by atoms with van der Waals surface area (Å²) in [6.45, 7) is 0.518. The molecule has 34 heavy (non-hydrogen) atoms. The van der Waals surface area contributed by atoms with Gasteiger partial charge < -0.3 is 20.2 Å². The lowest BCUT2D eigenvalue weighted by Gasteiger charge is -2.45. The Labute approximate surface area is 193 Å². The van der Waals surface area contributed by atoms with E-state index in [-0.39, 0.29) is 25.6 Å². The number of hydrogen-bond acceptors (Lipinski definition) is 3. The number of likely N-dealkylation sites (tertiary alicyclic amines) is 1. The summed E-state index contributed by atoms with van der Waals surface area (Å²) in [6, 6.07) is 9.02. The summed E-state index contributed by atoms with van der Waals surface area (Å²) in [5.74, 6) is -0.448. The molecule has 0 aliphatic carbocycles. The van der Waals surface area contributed by atoms with Gasteiger partial charge in [-0.05, 0) is 44.3 Å². The van der Waals surface area contributed by atoms with E-state index in [4.69, 9.17) is 0 Å². The number of alkyl halides is 6. The zero-order chi connectivity index (χ0) is 25.3. The smallest absolute Gasteiger partial charge is 0.385 e. The quantitative estimate of drug-likeness (QED) is 0.593. The third-order valence-corrected chi connectivity index (χ3v) is 5.86. The summed E-state index contributed by atoms with van der Waals surface area (Å²) < 4.78 is 78.7. The number of nitrogens with zero attached hydrogens (tertiary/aromatic N) is 2. The van der Waals surface area contributed by atoms with E-state index in [0.29, 0.717) is 24.2 Å². The molecule has 1 heterocycles. The van der Waals surface area contributed by atoms with Crippen LogP contribution < -0.4 is 5.32 Å². The van der Waals surface area contributed by atoms with Crippen molar-refractivity contribution < 1.29 is 36.2 Å². The van der Waals surface area contributed by atoms with E-state index in [0.717, 1.165) is 0 Å². The summed E-state index contributed by atoms with van der Waals surface area (Å²) in [5.41, 5.74) is -4.21. The van der Waals surface area contributed by atoms with Crippen LogP contribution in [0.15, 0.2) is 48.5 Å². The maximum absolute atomic E-state index is 13.1. The zero-order valence-corrected chi connectivity index (χ0v) is 18.5. The first-order valence-corrected chi connectivity index (χ1v) is 10.5. The van der Waals surface area contributed by atoms with Gasteiger partial charge in [-0.3, -0.25) is 0 Å². The predicted octanol–water partition coefficient (Wildman–Crippen LogP) is 5.03. The van der Waals surface area contributed by atoms with E-state index in [1.165, 1.54) is 4.90 Å². The first-order chi connectivity index (χ1) is 15.7. The lowest BCUT2D eigenvalue weighted by atomic mass is 9.75. The van der Waals surface area contributed by atoms with Gasteiger partial charge in [0.2, 0.25) is 0 Å². The van der Waals surface area contributed by atoms with Gasteiger partial charge in [-0.1, -0.05) is 30.3 Å². The van der Waals surface area contributed by atoms with Crippen molar-refractivity contribution in [3.63, 3.8) is 0 Å². The van der Waals surface area contributed by atoms with Crippen molar-refractivity contribution >= 4 is 11.7 Å². The van der Waals surface area contributed by atoms with Gasteiger partial charge in [0.05, 0.1) is 16.7 Å². The van der Waals surface area contributed by atoms with Crippen LogP contribution in [-0.2, 0) is 18.0 Å². The number of halogens is 6. The molecule has 1 fully saturated rings. The Morgan fingerprint density at radius 2 is 1.62 bits per heavy atom. The maximum Gasteiger partial charge on any atom is 0.416 e. The highest BCUT2D eigenvalue weighted by Crippen LogP contribution is 2.39. The number of carbonyl (C=O) groups is 1. The van der Waals surface area contributed by atoms with E-state index < -0.39 is 46.7 Å². The lowest BCUT2D eigenvalue weighted by Crippen LogP contribution is -2.55. The van der Waals surface area contributed by atoms with Gasteiger partial charge in [-0.2, -0.15) is 26.3 Å². The average Bonchev–Trinajstić information content (AvgIpc) is 2.74. The van der Waals surface area contributed by atoms with Crippen LogP contribution >= 0.6 is 0 Å². The number of anilines is 1. The van der Waals surface area contributed by atoms with Crippen molar-refractivity contribution in [3.05, 3.63) is 65.2 Å². The van der Waals surface area contributed by atoms with Gasteiger partial charge in [0.15, 0.2) is 0 Å². The summed E-state index contributed by atoms with van der Waals surface area (Å²) >= 11 is 0. The number of benzene rings is 2. The SMILES string of the molecule is CN(C)CC1CN(C(=O)Nc2cc(C(F)(F)F)cc(C(F)(F)F)c2)CCC1(O)c1ccccc1. The minimum absolute atomic E-state index is 0.00361. The fraction of sp³-hybridized carbons (Fsp3) is 0.435. The molecule has 0 aromatic heterocycles. The molecule has 2 amide bonds. The molecule has 11 heteroatoms. The lowest BCUT2D eigenvalue weighted by molar-refractivity contribution is -0.143. The van der Waals surface area contributed by atoms with Crippen LogP contribution in [-0.4, -0.2) is 54.7 Å². The fourth-order valence-corrected chi connectivity index (χ4v) is 4.19. The minimum atomic E-state index is -5.02. The van der Waals surface area contributed by atoms with Crippen molar-refractivity contribution in [2.75, 3.05) is 39.0 Å². The Kier molecular flexibility index (Phi) is 7.18. The van der Waals surface area contributed by atoms with Gasteiger partial charge in [-0.25, -0.2) is 4.79 Å². The largest absolute Gasteiger partial charge is 0.416 e. The van der Waals surface area contributed by atoms with Gasteiger partial charge in [0.25, 0.3) is 0 Å². The second kappa shape index (κ2) is 9.46. The standard InChI is InChI=1S/C23H25F6N3O2/c1-31(2)13-18-14-32(9-8-21(18,34)15-6-4-3-5-7-15)20(33)30-19-11-16(22(24,25)26)10-17(12-19)23(27,28)29/h3-7,10-12,18,34H,8-9,13-14H2,1-2H3,(H,30,33). The highest BCUT2D eigenvalue weighted by Gasteiger charge is 2.44. The molecule has 0 bridgehead atoms. The molecule has 0 spiro atoms. The van der Waals surface area contributed by atoms with Crippen molar-refractivity contribution in [1.82, 2.24) is 9.80 Å². The number of rotatable bonds is 4. The number of urea groups is 1. The Balaban J connectivity index is 1.84. The first-order valence-electron chi connectivity index (χ1n) is 10.5. The third-order valence-electron chi connectivity index (χ3n) is 5.86. The highest BCUT2D eigenvalue weighted by atomic mass is 19.4. The molecule has 1 aliphatic rings. The van der Waals surface area contributed by atoms with Crippen LogP contribution in [0.3, 0.4) is 0 Å². The zero-order valence-electron chi connectivity index (χ0n) is 18.5. The van der Waals surface area contributed by atoms with E-state index in [2.05, 4.69) is 5.32 Å². The molecule has 0 radical (unpaired) electrons. The Hall–Kier alpha value is -2.79. The molecule has 2 unspecified atom stereocenters. The minimum Gasteiger partial charge on any atom is -0.385 e. The predicted molar refractivity (Wildman–Crippen MR) is 114 cm³/mol. The number of carbonyl (C=O) groups excluding carboxylic acids is 1. The highest BCUT2D eigenvalue weighted by molar-refractivity contribution is 5.89. The van der Waals surface area contributed by atoms with Crippen molar-refractivity contribution in [2.45, 2.75) is 24.4 Å². The van der Waals surface area contributed by atoms with Crippen molar-refractivity contribution in [3.8, 4) is 0 Å². The fourth-order valence-electron chi connectivity index (χ4n) is 4.19. The maximum atomic E-state index is 13.1. The van der Waals surface area contributed by atoms with Crippen LogP contribution in [0.5, 0.6) is 0 Å². The number of amides is 2. The summed E-state index contributed by atoms with van der Waals surface area (Å²) in [7, 11) is 3.59. The molecule has 2 atom stereocenters. The van der Waals surface area contributed by atoms with Crippen LogP contribution in [0.2, 0.25) is 0 Å². The van der Waals surface area contributed by atoms with E-state index >= 15 is 0 Å². The van der Waals surface area contributed by atoms with E-state index in [9.17, 15) is 36.2 Å². The van der Waals surface area contributed by atoms with Gasteiger partial charge in [-0.15, -0.1) is 0 Å². The number of piperidine rings is 1. The average molecular weight is 489 g/mol. The van der Waals surface area contributed by atoms with Crippen LogP contribution in [0.25, 0.3) is 0 Å². The first kappa shape index (κ1) is 25.8. The van der Waals surface area contributed by atoms with E-state index in [1.54, 1.807) is 44.4 Å². The van der Waals surface area contributed by atoms with Gasteiger partial charge >= 0.3 is 18.4 Å². The van der Waals surface area contributed by atoms with Gasteiger partial charge in [0.1, 0.15) is 0 Å². The second-order valence-electron chi connectivity index (χ2n) is 8.67. The normalized spacial score (nSPS) is 21.6. The summed E-state index contributed by atoms with van der Waals surface area (Å²) in [5, 5.41) is 13.6. The molecule has 2 aromatic carbocycles.